The van der Waals surface area contributed by atoms with Gasteiger partial charge in [0, 0.05) is 17.6 Å². The summed E-state index contributed by atoms with van der Waals surface area (Å²) in [6, 6.07) is 17.0. The Morgan fingerprint density at radius 2 is 1.92 bits per heavy atom. The summed E-state index contributed by atoms with van der Waals surface area (Å²) in [4.78, 5) is 29.8. The second-order valence-corrected chi connectivity index (χ2v) is 9.79. The first-order valence-electron chi connectivity index (χ1n) is 12.3. The number of nitrogens with zero attached hydrogens (tertiary/aromatic N) is 3. The Morgan fingerprint density at radius 3 is 2.59 bits per heavy atom. The molecule has 6 rings (SSSR count). The van der Waals surface area contributed by atoms with Crippen LogP contribution in [0.25, 0.3) is 28.2 Å². The Balaban J connectivity index is 1.19. The molecule has 0 bridgehead atoms. The van der Waals surface area contributed by atoms with E-state index in [2.05, 4.69) is 20.8 Å². The number of benzene rings is 2. The molecule has 0 saturated heterocycles. The van der Waals surface area contributed by atoms with Crippen LogP contribution in [0.1, 0.15) is 34.7 Å². The van der Waals surface area contributed by atoms with E-state index in [0.29, 0.717) is 41.8 Å². The van der Waals surface area contributed by atoms with Crippen molar-refractivity contribution in [3.8, 4) is 23.2 Å². The lowest BCUT2D eigenvalue weighted by Crippen LogP contribution is -2.48. The SMILES string of the molecule is COc1cc(C(=O)NC2(C(=O)NCc3ccc(-n4c(-c5ncc(C)o5)c(Cl)c5ccccc54)cc3)CC2)on1. The Labute approximate surface area is 227 Å². The van der Waals surface area contributed by atoms with E-state index in [0.717, 1.165) is 22.2 Å². The van der Waals surface area contributed by atoms with Crippen molar-refractivity contribution in [2.45, 2.75) is 31.8 Å². The Kier molecular flexibility index (Phi) is 6.11. The zero-order valence-corrected chi connectivity index (χ0v) is 21.9. The van der Waals surface area contributed by atoms with E-state index in [1.165, 1.54) is 13.2 Å². The second-order valence-electron chi connectivity index (χ2n) is 9.41. The predicted molar refractivity (Wildman–Crippen MR) is 143 cm³/mol. The average molecular weight is 546 g/mol. The number of para-hydroxylation sites is 1. The van der Waals surface area contributed by atoms with Crippen molar-refractivity contribution < 1.29 is 23.3 Å². The molecule has 10 nitrogen and oxygen atoms in total. The highest BCUT2D eigenvalue weighted by atomic mass is 35.5. The van der Waals surface area contributed by atoms with Gasteiger partial charge in [-0.3, -0.25) is 9.59 Å². The van der Waals surface area contributed by atoms with Gasteiger partial charge < -0.3 is 28.9 Å². The maximum atomic E-state index is 12.9. The third kappa shape index (κ3) is 4.52. The van der Waals surface area contributed by atoms with Crippen LogP contribution < -0.4 is 15.4 Å². The lowest BCUT2D eigenvalue weighted by Gasteiger charge is -2.16. The first-order chi connectivity index (χ1) is 18.9. The number of carbonyl (C=O) groups is 2. The molecule has 0 atom stereocenters. The number of hydrogen-bond acceptors (Lipinski definition) is 7. The first-order valence-corrected chi connectivity index (χ1v) is 12.7. The molecule has 3 aromatic heterocycles. The highest BCUT2D eigenvalue weighted by Gasteiger charge is 2.51. The zero-order valence-electron chi connectivity index (χ0n) is 21.2. The molecule has 5 aromatic rings. The normalized spacial score (nSPS) is 13.8. The van der Waals surface area contributed by atoms with Crippen LogP contribution in [0.15, 0.2) is 69.7 Å². The van der Waals surface area contributed by atoms with Crippen molar-refractivity contribution in [1.82, 2.24) is 25.3 Å². The van der Waals surface area contributed by atoms with Crippen LogP contribution in [0.3, 0.4) is 0 Å². The maximum Gasteiger partial charge on any atom is 0.290 e. The van der Waals surface area contributed by atoms with Crippen LogP contribution in [0.5, 0.6) is 5.88 Å². The standard InChI is InChI=1S/C28H24ClN5O5/c1-16-14-30-26(38-16)24-23(29)19-5-3-4-6-20(19)34(24)18-9-7-17(8-10-18)15-31-27(36)28(11-12-28)32-25(35)21-13-22(37-2)33-39-21/h3-10,13-14H,11-12,15H2,1-2H3,(H,31,36)(H,32,35). The van der Waals surface area contributed by atoms with Gasteiger partial charge in [-0.25, -0.2) is 4.98 Å². The molecule has 0 radical (unpaired) electrons. The number of halogens is 1. The fourth-order valence-corrected chi connectivity index (χ4v) is 4.84. The number of amides is 2. The second kappa shape index (κ2) is 9.63. The largest absolute Gasteiger partial charge is 0.479 e. The zero-order chi connectivity index (χ0) is 27.1. The first kappa shape index (κ1) is 24.7. The Hall–Kier alpha value is -4.57. The van der Waals surface area contributed by atoms with Gasteiger partial charge in [-0.2, -0.15) is 0 Å². The summed E-state index contributed by atoms with van der Waals surface area (Å²) >= 11 is 6.79. The van der Waals surface area contributed by atoms with Crippen molar-refractivity contribution in [3.63, 3.8) is 0 Å². The summed E-state index contributed by atoms with van der Waals surface area (Å²) in [7, 11) is 1.42. The maximum absolute atomic E-state index is 12.9. The number of fused-ring (bicyclic) bond motifs is 1. The molecular formula is C28H24ClN5O5. The molecule has 2 aromatic carbocycles. The fourth-order valence-electron chi connectivity index (χ4n) is 4.51. The van der Waals surface area contributed by atoms with Crippen LogP contribution in [0, 0.1) is 6.92 Å². The highest BCUT2D eigenvalue weighted by molar-refractivity contribution is 6.38. The van der Waals surface area contributed by atoms with Gasteiger partial charge in [0.25, 0.3) is 11.8 Å². The molecule has 3 heterocycles. The lowest BCUT2D eigenvalue weighted by atomic mass is 10.1. The molecule has 0 unspecified atom stereocenters. The van der Waals surface area contributed by atoms with Crippen molar-refractivity contribution in [2.24, 2.45) is 0 Å². The number of aryl methyl sites for hydroxylation is 1. The summed E-state index contributed by atoms with van der Waals surface area (Å²) in [6.07, 6.45) is 2.75. The lowest BCUT2D eigenvalue weighted by molar-refractivity contribution is -0.124. The van der Waals surface area contributed by atoms with E-state index in [1.807, 2.05) is 60.0 Å². The number of aromatic nitrogens is 3. The van der Waals surface area contributed by atoms with Crippen molar-refractivity contribution in [2.75, 3.05) is 7.11 Å². The summed E-state index contributed by atoms with van der Waals surface area (Å²) in [5.41, 5.74) is 2.40. The molecule has 11 heteroatoms. The molecule has 0 spiro atoms. The van der Waals surface area contributed by atoms with Crippen LogP contribution in [0.4, 0.5) is 0 Å². The van der Waals surface area contributed by atoms with Crippen molar-refractivity contribution >= 4 is 34.3 Å². The minimum atomic E-state index is -0.957. The van der Waals surface area contributed by atoms with E-state index in [-0.39, 0.29) is 17.5 Å². The molecule has 2 N–H and O–H groups in total. The van der Waals surface area contributed by atoms with Gasteiger partial charge in [0.05, 0.1) is 29.9 Å². The monoisotopic (exact) mass is 545 g/mol. The topological polar surface area (TPSA) is 124 Å². The number of rotatable bonds is 8. The molecule has 1 saturated carbocycles. The molecule has 1 fully saturated rings. The summed E-state index contributed by atoms with van der Waals surface area (Å²) in [6.45, 7) is 2.13. The minimum absolute atomic E-state index is 0.0153. The average Bonchev–Trinajstić information content (AvgIpc) is 3.26. The summed E-state index contributed by atoms with van der Waals surface area (Å²) < 4.78 is 17.7. The molecular weight excluding hydrogens is 522 g/mol. The van der Waals surface area contributed by atoms with Gasteiger partial charge >= 0.3 is 0 Å². The highest BCUT2D eigenvalue weighted by Crippen LogP contribution is 2.39. The molecule has 0 aliphatic heterocycles. The molecule has 1 aliphatic carbocycles. The van der Waals surface area contributed by atoms with Crippen LogP contribution in [-0.4, -0.2) is 39.2 Å². The van der Waals surface area contributed by atoms with Gasteiger partial charge in [-0.1, -0.05) is 41.9 Å². The van der Waals surface area contributed by atoms with Gasteiger partial charge in [0.15, 0.2) is 0 Å². The molecule has 2 amide bonds. The van der Waals surface area contributed by atoms with E-state index in [4.69, 9.17) is 25.3 Å². The van der Waals surface area contributed by atoms with Crippen LogP contribution >= 0.6 is 11.6 Å². The molecule has 39 heavy (non-hydrogen) atoms. The van der Waals surface area contributed by atoms with E-state index in [9.17, 15) is 9.59 Å². The smallest absolute Gasteiger partial charge is 0.290 e. The number of carbonyl (C=O) groups excluding carboxylic acids is 2. The third-order valence-electron chi connectivity index (χ3n) is 6.74. The number of nitrogens with one attached hydrogen (secondary N) is 2. The number of oxazole rings is 1. The summed E-state index contributed by atoms with van der Waals surface area (Å²) in [5.74, 6) is 0.530. The van der Waals surface area contributed by atoms with Crippen LogP contribution in [-0.2, 0) is 11.3 Å². The Morgan fingerprint density at radius 1 is 1.15 bits per heavy atom. The number of ether oxygens (including phenoxy) is 1. The minimum Gasteiger partial charge on any atom is -0.479 e. The van der Waals surface area contributed by atoms with Gasteiger partial charge in [0.1, 0.15) is 17.0 Å². The van der Waals surface area contributed by atoms with Crippen molar-refractivity contribution in [1.29, 1.82) is 0 Å². The summed E-state index contributed by atoms with van der Waals surface area (Å²) in [5, 5.41) is 10.8. The van der Waals surface area contributed by atoms with Gasteiger partial charge in [-0.15, -0.1) is 0 Å². The number of methoxy groups -OCH3 is 1. The van der Waals surface area contributed by atoms with Crippen LogP contribution in [0.2, 0.25) is 5.02 Å². The van der Waals surface area contributed by atoms with Gasteiger partial charge in [-0.05, 0) is 48.7 Å². The fraction of sp³-hybridized carbons (Fsp3) is 0.214. The quantitative estimate of drug-likeness (QED) is 0.286. The van der Waals surface area contributed by atoms with Crippen molar-refractivity contribution in [3.05, 3.63) is 82.9 Å². The van der Waals surface area contributed by atoms with E-state index in [1.54, 1.807) is 6.20 Å². The molecule has 1 aliphatic rings. The molecule has 198 valence electrons. The van der Waals surface area contributed by atoms with Gasteiger partial charge in [0.2, 0.25) is 17.6 Å². The van der Waals surface area contributed by atoms with E-state index < -0.39 is 11.4 Å². The number of hydrogen-bond donors (Lipinski definition) is 2. The Bertz CT molecular complexity index is 1700. The predicted octanol–water partition coefficient (Wildman–Crippen LogP) is 4.82. The third-order valence-corrected chi connectivity index (χ3v) is 7.13. The van der Waals surface area contributed by atoms with E-state index >= 15 is 0 Å².